The van der Waals surface area contributed by atoms with Crippen molar-refractivity contribution in [3.05, 3.63) is 24.3 Å². The molecule has 0 amide bonds. The summed E-state index contributed by atoms with van der Waals surface area (Å²) in [7, 11) is 0. The van der Waals surface area contributed by atoms with Crippen LogP contribution in [0.25, 0.3) is 0 Å². The van der Waals surface area contributed by atoms with Crippen LogP contribution in [0.15, 0.2) is 24.3 Å². The van der Waals surface area contributed by atoms with Gasteiger partial charge in [-0.25, -0.2) is 4.79 Å². The topological polar surface area (TPSA) is 129 Å². The summed E-state index contributed by atoms with van der Waals surface area (Å²) >= 11 is 0. The number of allylic oxidation sites excluding steroid dienone is 1. The number of carbonyl (C=O) groups excluding carboxylic acids is 3. The Kier molecular flexibility index (Phi) is 4.56. The molecule has 184 valence electrons. The standard InChI is InChI=1S/C25H30O9/c1-11-18-19(32-16(27)7-8-23(18,5)14-10-17(28)34-22(14,3)4)20(31-12(2)26)24(6)13(21(29)30)9-15-25(11,24)33-15/h7-8,13-15,18-20H,1,9-10H2,2-6H3,(H,29,30)/t13-,14-,15+,18+,19+,20-,23-,24+,25+/m0/s1. The van der Waals surface area contributed by atoms with Crippen LogP contribution in [-0.2, 0) is 38.1 Å². The molecule has 3 heterocycles. The number of ether oxygens (including phenoxy) is 4. The number of epoxide rings is 1. The molecule has 1 N–H and O–H groups in total. The van der Waals surface area contributed by atoms with E-state index in [1.54, 1.807) is 13.0 Å². The van der Waals surface area contributed by atoms with Gasteiger partial charge in [0, 0.05) is 30.3 Å². The minimum Gasteiger partial charge on any atom is -0.481 e. The number of carbonyl (C=O) groups is 4. The molecule has 2 saturated carbocycles. The smallest absolute Gasteiger partial charge is 0.330 e. The first-order valence-corrected chi connectivity index (χ1v) is 11.6. The number of hydrogen-bond acceptors (Lipinski definition) is 8. The fourth-order valence-corrected chi connectivity index (χ4v) is 7.81. The van der Waals surface area contributed by atoms with Gasteiger partial charge in [0.25, 0.3) is 0 Å². The van der Waals surface area contributed by atoms with Crippen molar-refractivity contribution in [2.45, 2.75) is 77.0 Å². The van der Waals surface area contributed by atoms with Gasteiger partial charge in [0.15, 0.2) is 0 Å². The lowest BCUT2D eigenvalue weighted by atomic mass is 9.49. The van der Waals surface area contributed by atoms with Crippen LogP contribution in [0, 0.1) is 28.6 Å². The van der Waals surface area contributed by atoms with Crippen LogP contribution >= 0.6 is 0 Å². The molecule has 9 nitrogen and oxygen atoms in total. The third-order valence-electron chi connectivity index (χ3n) is 9.20. The Balaban J connectivity index is 1.72. The van der Waals surface area contributed by atoms with Crippen molar-refractivity contribution >= 4 is 23.9 Å². The molecule has 5 rings (SSSR count). The van der Waals surface area contributed by atoms with Crippen molar-refractivity contribution in [2.24, 2.45) is 28.6 Å². The molecule has 9 atom stereocenters. The Morgan fingerprint density at radius 1 is 1.21 bits per heavy atom. The minimum absolute atomic E-state index is 0.128. The van der Waals surface area contributed by atoms with E-state index in [-0.39, 0.29) is 24.7 Å². The van der Waals surface area contributed by atoms with Crippen LogP contribution in [0.5, 0.6) is 0 Å². The predicted molar refractivity (Wildman–Crippen MR) is 115 cm³/mol. The van der Waals surface area contributed by atoms with Gasteiger partial charge < -0.3 is 24.1 Å². The molecule has 34 heavy (non-hydrogen) atoms. The number of carboxylic acid groups (broad SMARTS) is 1. The second kappa shape index (κ2) is 6.71. The second-order valence-electron chi connectivity index (χ2n) is 11.2. The number of cyclic esters (lactones) is 1. The summed E-state index contributed by atoms with van der Waals surface area (Å²) in [5.41, 5.74) is -3.34. The van der Waals surface area contributed by atoms with Crippen LogP contribution in [0.1, 0.15) is 47.5 Å². The molecule has 2 aliphatic carbocycles. The summed E-state index contributed by atoms with van der Waals surface area (Å²) in [5.74, 6) is -4.47. The van der Waals surface area contributed by atoms with E-state index < -0.39 is 70.1 Å². The van der Waals surface area contributed by atoms with Crippen molar-refractivity contribution < 1.29 is 43.2 Å². The quantitative estimate of drug-likeness (QED) is 0.283. The predicted octanol–water partition coefficient (Wildman–Crippen LogP) is 2.18. The monoisotopic (exact) mass is 474 g/mol. The molecule has 0 aromatic heterocycles. The third-order valence-corrected chi connectivity index (χ3v) is 9.20. The Morgan fingerprint density at radius 3 is 2.44 bits per heavy atom. The van der Waals surface area contributed by atoms with Gasteiger partial charge in [-0.1, -0.05) is 26.5 Å². The highest BCUT2D eigenvalue weighted by Crippen LogP contribution is 2.74. The molecule has 3 aliphatic heterocycles. The van der Waals surface area contributed by atoms with Gasteiger partial charge in [-0.3, -0.25) is 14.4 Å². The number of aliphatic carboxylic acids is 1. The summed E-state index contributed by atoms with van der Waals surface area (Å²) in [4.78, 5) is 49.7. The third kappa shape index (κ3) is 2.64. The fraction of sp³-hybridized carbons (Fsp3) is 0.680. The van der Waals surface area contributed by atoms with Crippen molar-refractivity contribution in [2.75, 3.05) is 0 Å². The van der Waals surface area contributed by atoms with Crippen LogP contribution < -0.4 is 0 Å². The van der Waals surface area contributed by atoms with E-state index in [9.17, 15) is 24.3 Å². The van der Waals surface area contributed by atoms with E-state index in [4.69, 9.17) is 18.9 Å². The van der Waals surface area contributed by atoms with Crippen molar-refractivity contribution in [3.8, 4) is 0 Å². The van der Waals surface area contributed by atoms with E-state index in [1.807, 2.05) is 20.8 Å². The van der Waals surface area contributed by atoms with Gasteiger partial charge in [0.05, 0.1) is 23.9 Å². The minimum atomic E-state index is -1.20. The molecule has 0 unspecified atom stereocenters. The number of carboxylic acids is 1. The summed E-state index contributed by atoms with van der Waals surface area (Å²) in [6.45, 7) is 12.9. The van der Waals surface area contributed by atoms with Gasteiger partial charge in [0.1, 0.15) is 23.4 Å². The number of fused-ring (bicyclic) bond motifs is 1. The zero-order valence-electron chi connectivity index (χ0n) is 20.0. The van der Waals surface area contributed by atoms with Gasteiger partial charge in [-0.15, -0.1) is 0 Å². The largest absolute Gasteiger partial charge is 0.481 e. The summed E-state index contributed by atoms with van der Waals surface area (Å²) in [6.07, 6.45) is 0.929. The Morgan fingerprint density at radius 2 is 1.88 bits per heavy atom. The van der Waals surface area contributed by atoms with E-state index in [1.165, 1.54) is 13.0 Å². The van der Waals surface area contributed by atoms with Crippen LogP contribution in [0.3, 0.4) is 0 Å². The molecular weight excluding hydrogens is 444 g/mol. The summed E-state index contributed by atoms with van der Waals surface area (Å²) in [6, 6.07) is 0. The molecular formula is C25H30O9. The Hall–Kier alpha value is -2.68. The maximum absolute atomic E-state index is 12.8. The van der Waals surface area contributed by atoms with E-state index in [2.05, 4.69) is 6.58 Å². The van der Waals surface area contributed by atoms with Crippen LogP contribution in [0.4, 0.5) is 0 Å². The molecule has 0 radical (unpaired) electrons. The SMILES string of the molecule is C=C1[C@@H]2[C@@H](OC(=O)C=C[C@@]2(C)[C@H]2CC(=O)OC2(C)C)[C@H](OC(C)=O)[C@@]2(C)[C@H](C(=O)O)C[C@H]3O[C@]132. The van der Waals surface area contributed by atoms with Crippen molar-refractivity contribution in [1.29, 1.82) is 0 Å². The highest BCUT2D eigenvalue weighted by molar-refractivity contribution is 5.83. The molecule has 0 bridgehead atoms. The Bertz CT molecular complexity index is 1060. The summed E-state index contributed by atoms with van der Waals surface area (Å²) in [5, 5.41) is 10.1. The molecule has 1 spiro atoms. The lowest BCUT2D eigenvalue weighted by molar-refractivity contribution is -0.210. The van der Waals surface area contributed by atoms with E-state index >= 15 is 0 Å². The normalized spacial score (nSPS) is 48.1. The molecule has 4 fully saturated rings. The first-order valence-electron chi connectivity index (χ1n) is 11.6. The number of rotatable bonds is 3. The number of hydrogen-bond donors (Lipinski definition) is 1. The lowest BCUT2D eigenvalue weighted by Crippen LogP contribution is -2.66. The molecule has 5 aliphatic rings. The van der Waals surface area contributed by atoms with E-state index in [0.717, 1.165) is 0 Å². The maximum atomic E-state index is 12.8. The van der Waals surface area contributed by atoms with Crippen LogP contribution in [0.2, 0.25) is 0 Å². The molecule has 0 aromatic carbocycles. The zero-order chi connectivity index (χ0) is 25.0. The van der Waals surface area contributed by atoms with Crippen molar-refractivity contribution in [3.63, 3.8) is 0 Å². The van der Waals surface area contributed by atoms with Gasteiger partial charge in [0.2, 0.25) is 0 Å². The Labute approximate surface area is 197 Å². The van der Waals surface area contributed by atoms with Gasteiger partial charge in [-0.2, -0.15) is 0 Å². The zero-order valence-corrected chi connectivity index (χ0v) is 20.0. The maximum Gasteiger partial charge on any atom is 0.330 e. The molecule has 9 heteroatoms. The average molecular weight is 475 g/mol. The van der Waals surface area contributed by atoms with E-state index in [0.29, 0.717) is 5.57 Å². The first-order chi connectivity index (χ1) is 15.7. The van der Waals surface area contributed by atoms with Crippen LogP contribution in [-0.4, -0.2) is 58.5 Å². The fourth-order valence-electron chi connectivity index (χ4n) is 7.81. The average Bonchev–Trinajstić information content (AvgIpc) is 3.32. The van der Waals surface area contributed by atoms with Gasteiger partial charge in [-0.05, 0) is 25.8 Å². The van der Waals surface area contributed by atoms with Crippen molar-refractivity contribution in [1.82, 2.24) is 0 Å². The molecule has 0 aromatic rings. The lowest BCUT2D eigenvalue weighted by Gasteiger charge is -2.57. The highest BCUT2D eigenvalue weighted by atomic mass is 16.6. The van der Waals surface area contributed by atoms with Gasteiger partial charge >= 0.3 is 23.9 Å². The number of esters is 3. The second-order valence-corrected chi connectivity index (χ2v) is 11.2. The molecule has 2 saturated heterocycles. The highest BCUT2D eigenvalue weighted by Gasteiger charge is 2.85. The first kappa shape index (κ1) is 23.1. The summed E-state index contributed by atoms with van der Waals surface area (Å²) < 4.78 is 23.5.